The standard InChI is InChI=1S/C12H13N3O2S/c1-9-14-11(8-18-9)7-13-6-10-3-2-4-12(5-10)15(16)17/h2-5,8,13H,6-7H2,1H3. The number of nitro groups is 1. The van der Waals surface area contributed by atoms with Crippen molar-refractivity contribution in [3.63, 3.8) is 0 Å². The molecule has 0 atom stereocenters. The van der Waals surface area contributed by atoms with Gasteiger partial charge in [0, 0.05) is 30.6 Å². The molecule has 0 spiro atoms. The number of nitro benzene ring substituents is 1. The van der Waals surface area contributed by atoms with E-state index in [4.69, 9.17) is 0 Å². The molecule has 5 nitrogen and oxygen atoms in total. The first kappa shape index (κ1) is 12.7. The molecule has 6 heteroatoms. The maximum atomic E-state index is 10.6. The summed E-state index contributed by atoms with van der Waals surface area (Å²) in [5, 5.41) is 16.9. The van der Waals surface area contributed by atoms with E-state index < -0.39 is 0 Å². The summed E-state index contributed by atoms with van der Waals surface area (Å²) in [5.74, 6) is 0. The summed E-state index contributed by atoms with van der Waals surface area (Å²) in [5.41, 5.74) is 2.03. The van der Waals surface area contributed by atoms with Crippen molar-refractivity contribution in [1.29, 1.82) is 0 Å². The van der Waals surface area contributed by atoms with E-state index in [1.54, 1.807) is 23.5 Å². The maximum absolute atomic E-state index is 10.6. The topological polar surface area (TPSA) is 68.1 Å². The Hall–Kier alpha value is -1.79. The molecular weight excluding hydrogens is 250 g/mol. The molecule has 0 saturated heterocycles. The number of nitrogens with zero attached hydrogens (tertiary/aromatic N) is 2. The van der Waals surface area contributed by atoms with Gasteiger partial charge in [-0.3, -0.25) is 10.1 Å². The van der Waals surface area contributed by atoms with E-state index in [1.165, 1.54) is 6.07 Å². The average Bonchev–Trinajstić information content (AvgIpc) is 2.75. The third kappa shape index (κ3) is 3.35. The second-order valence-electron chi connectivity index (χ2n) is 3.89. The summed E-state index contributed by atoms with van der Waals surface area (Å²) in [6, 6.07) is 6.64. The molecular formula is C12H13N3O2S. The lowest BCUT2D eigenvalue weighted by atomic mass is 10.2. The van der Waals surface area contributed by atoms with Gasteiger partial charge in [0.2, 0.25) is 0 Å². The van der Waals surface area contributed by atoms with Gasteiger partial charge in [0.25, 0.3) is 5.69 Å². The molecule has 18 heavy (non-hydrogen) atoms. The Bertz CT molecular complexity index is 554. The minimum absolute atomic E-state index is 0.124. The van der Waals surface area contributed by atoms with Gasteiger partial charge < -0.3 is 5.32 Å². The van der Waals surface area contributed by atoms with Crippen LogP contribution < -0.4 is 5.32 Å². The molecule has 1 N–H and O–H groups in total. The van der Waals surface area contributed by atoms with E-state index in [9.17, 15) is 10.1 Å². The number of benzene rings is 1. The van der Waals surface area contributed by atoms with Gasteiger partial charge in [-0.15, -0.1) is 11.3 Å². The number of rotatable bonds is 5. The Kier molecular flexibility index (Phi) is 4.01. The molecule has 0 amide bonds. The quantitative estimate of drug-likeness (QED) is 0.665. The van der Waals surface area contributed by atoms with Crippen molar-refractivity contribution in [3.8, 4) is 0 Å². The maximum Gasteiger partial charge on any atom is 0.269 e. The SMILES string of the molecule is Cc1nc(CNCc2cccc([N+](=O)[O-])c2)cs1. The lowest BCUT2D eigenvalue weighted by Gasteiger charge is -2.02. The number of aryl methyl sites for hydroxylation is 1. The summed E-state index contributed by atoms with van der Waals surface area (Å²) in [6.45, 7) is 3.24. The summed E-state index contributed by atoms with van der Waals surface area (Å²) in [4.78, 5) is 14.6. The van der Waals surface area contributed by atoms with Gasteiger partial charge in [-0.1, -0.05) is 12.1 Å². The van der Waals surface area contributed by atoms with Crippen LogP contribution in [0.15, 0.2) is 29.6 Å². The van der Waals surface area contributed by atoms with Crippen molar-refractivity contribution in [3.05, 3.63) is 56.0 Å². The first-order valence-corrected chi connectivity index (χ1v) is 6.38. The molecule has 1 aromatic heterocycles. The minimum Gasteiger partial charge on any atom is -0.307 e. The van der Waals surface area contributed by atoms with Crippen molar-refractivity contribution < 1.29 is 4.92 Å². The van der Waals surface area contributed by atoms with Crippen LogP contribution in [0.4, 0.5) is 5.69 Å². The number of thiazole rings is 1. The molecule has 0 bridgehead atoms. The van der Waals surface area contributed by atoms with Crippen LogP contribution in [0.5, 0.6) is 0 Å². The van der Waals surface area contributed by atoms with Crippen LogP contribution in [0.3, 0.4) is 0 Å². The summed E-state index contributed by atoms with van der Waals surface area (Å²) in [6.07, 6.45) is 0. The Morgan fingerprint density at radius 3 is 2.94 bits per heavy atom. The molecule has 0 fully saturated rings. The van der Waals surface area contributed by atoms with E-state index in [1.807, 2.05) is 18.4 Å². The van der Waals surface area contributed by atoms with Crippen molar-refractivity contribution in [2.45, 2.75) is 20.0 Å². The number of hydrogen-bond donors (Lipinski definition) is 1. The van der Waals surface area contributed by atoms with Gasteiger partial charge in [0.05, 0.1) is 15.6 Å². The van der Waals surface area contributed by atoms with Crippen LogP contribution in [0.1, 0.15) is 16.3 Å². The summed E-state index contributed by atoms with van der Waals surface area (Å²) < 4.78 is 0. The molecule has 0 saturated carbocycles. The van der Waals surface area contributed by atoms with Gasteiger partial charge in [0.1, 0.15) is 0 Å². The molecule has 0 radical (unpaired) electrons. The predicted octanol–water partition coefficient (Wildman–Crippen LogP) is 2.65. The lowest BCUT2D eigenvalue weighted by molar-refractivity contribution is -0.384. The smallest absolute Gasteiger partial charge is 0.269 e. The lowest BCUT2D eigenvalue weighted by Crippen LogP contribution is -2.13. The first-order chi connectivity index (χ1) is 8.65. The van der Waals surface area contributed by atoms with Crippen LogP contribution in [-0.4, -0.2) is 9.91 Å². The predicted molar refractivity (Wildman–Crippen MR) is 70.5 cm³/mol. The Balaban J connectivity index is 1.90. The molecule has 0 aliphatic carbocycles. The molecule has 0 unspecified atom stereocenters. The minimum atomic E-state index is -0.382. The molecule has 2 rings (SSSR count). The normalized spacial score (nSPS) is 10.5. The van der Waals surface area contributed by atoms with Gasteiger partial charge in [-0.25, -0.2) is 4.98 Å². The van der Waals surface area contributed by atoms with Gasteiger partial charge in [-0.2, -0.15) is 0 Å². The van der Waals surface area contributed by atoms with Gasteiger partial charge >= 0.3 is 0 Å². The monoisotopic (exact) mass is 263 g/mol. The Labute approximate surface area is 109 Å². The fourth-order valence-electron chi connectivity index (χ4n) is 1.60. The number of aromatic nitrogens is 1. The van der Waals surface area contributed by atoms with E-state index in [-0.39, 0.29) is 10.6 Å². The number of nitrogens with one attached hydrogen (secondary N) is 1. The number of hydrogen-bond acceptors (Lipinski definition) is 5. The van der Waals surface area contributed by atoms with E-state index in [0.29, 0.717) is 13.1 Å². The molecule has 1 aromatic carbocycles. The number of non-ortho nitro benzene ring substituents is 1. The highest BCUT2D eigenvalue weighted by atomic mass is 32.1. The van der Waals surface area contributed by atoms with Crippen LogP contribution in [-0.2, 0) is 13.1 Å². The highest BCUT2D eigenvalue weighted by molar-refractivity contribution is 7.09. The zero-order valence-corrected chi connectivity index (χ0v) is 10.7. The molecule has 0 aliphatic rings. The Morgan fingerprint density at radius 1 is 1.44 bits per heavy atom. The second-order valence-corrected chi connectivity index (χ2v) is 4.95. The largest absolute Gasteiger partial charge is 0.307 e. The summed E-state index contributed by atoms with van der Waals surface area (Å²) in [7, 11) is 0. The highest BCUT2D eigenvalue weighted by Crippen LogP contribution is 2.13. The van der Waals surface area contributed by atoms with Crippen molar-refractivity contribution in [1.82, 2.24) is 10.3 Å². The third-order valence-electron chi connectivity index (χ3n) is 2.42. The first-order valence-electron chi connectivity index (χ1n) is 5.50. The fraction of sp³-hybridized carbons (Fsp3) is 0.250. The van der Waals surface area contributed by atoms with Crippen molar-refractivity contribution in [2.75, 3.05) is 0 Å². The van der Waals surface area contributed by atoms with Gasteiger partial charge in [-0.05, 0) is 12.5 Å². The van der Waals surface area contributed by atoms with E-state index in [0.717, 1.165) is 16.3 Å². The van der Waals surface area contributed by atoms with Crippen molar-refractivity contribution in [2.24, 2.45) is 0 Å². The summed E-state index contributed by atoms with van der Waals surface area (Å²) >= 11 is 1.62. The molecule has 94 valence electrons. The van der Waals surface area contributed by atoms with Crippen LogP contribution >= 0.6 is 11.3 Å². The highest BCUT2D eigenvalue weighted by Gasteiger charge is 2.05. The zero-order chi connectivity index (χ0) is 13.0. The van der Waals surface area contributed by atoms with Gasteiger partial charge in [0.15, 0.2) is 0 Å². The van der Waals surface area contributed by atoms with E-state index in [2.05, 4.69) is 10.3 Å². The molecule has 2 aromatic rings. The second kappa shape index (κ2) is 5.70. The fourth-order valence-corrected chi connectivity index (χ4v) is 2.22. The third-order valence-corrected chi connectivity index (χ3v) is 3.25. The van der Waals surface area contributed by atoms with Crippen molar-refractivity contribution >= 4 is 17.0 Å². The molecule has 0 aliphatic heterocycles. The average molecular weight is 263 g/mol. The molecule has 1 heterocycles. The van der Waals surface area contributed by atoms with Crippen LogP contribution in [0.25, 0.3) is 0 Å². The van der Waals surface area contributed by atoms with Crippen LogP contribution in [0, 0.1) is 17.0 Å². The van der Waals surface area contributed by atoms with E-state index >= 15 is 0 Å². The van der Waals surface area contributed by atoms with Crippen LogP contribution in [0.2, 0.25) is 0 Å². The Morgan fingerprint density at radius 2 is 2.28 bits per heavy atom. The zero-order valence-electron chi connectivity index (χ0n) is 9.92.